The van der Waals surface area contributed by atoms with Crippen molar-refractivity contribution in [2.75, 3.05) is 11.9 Å². The summed E-state index contributed by atoms with van der Waals surface area (Å²) in [5.41, 5.74) is 1.80. The van der Waals surface area contributed by atoms with Gasteiger partial charge < -0.3 is 15.2 Å². The largest absolute Gasteiger partial charge is 0.349 e. The Kier molecular flexibility index (Phi) is 5.81. The Morgan fingerprint density at radius 2 is 1.78 bits per heavy atom. The van der Waals surface area contributed by atoms with E-state index in [0.717, 1.165) is 17.3 Å². The highest BCUT2D eigenvalue weighted by atomic mass is 35.5. The minimum absolute atomic E-state index is 0.241. The molecule has 0 radical (unpaired) electrons. The van der Waals surface area contributed by atoms with Crippen LogP contribution in [0.5, 0.6) is 0 Å². The number of nitrogens with zero attached hydrogens (tertiary/aromatic N) is 1. The van der Waals surface area contributed by atoms with Gasteiger partial charge in [0.2, 0.25) is 5.91 Å². The third-order valence-corrected chi connectivity index (χ3v) is 4.86. The molecule has 2 N–H and O–H groups in total. The van der Waals surface area contributed by atoms with E-state index in [1.807, 2.05) is 61.5 Å². The molecule has 27 heavy (non-hydrogen) atoms. The van der Waals surface area contributed by atoms with Gasteiger partial charge in [-0.2, -0.15) is 0 Å². The van der Waals surface area contributed by atoms with E-state index in [-0.39, 0.29) is 11.8 Å². The predicted molar refractivity (Wildman–Crippen MR) is 109 cm³/mol. The third-order valence-electron chi connectivity index (χ3n) is 4.47. The molecule has 2 amide bonds. The fourth-order valence-electron chi connectivity index (χ4n) is 3.02. The number of benzene rings is 2. The lowest BCUT2D eigenvalue weighted by atomic mass is 10.2. The van der Waals surface area contributed by atoms with Gasteiger partial charge in [0.25, 0.3) is 5.91 Å². The van der Waals surface area contributed by atoms with Crippen LogP contribution in [-0.2, 0) is 4.79 Å². The van der Waals surface area contributed by atoms with Gasteiger partial charge >= 0.3 is 0 Å². The quantitative estimate of drug-likeness (QED) is 0.647. The van der Waals surface area contributed by atoms with Crippen molar-refractivity contribution in [2.24, 2.45) is 0 Å². The summed E-state index contributed by atoms with van der Waals surface area (Å²) in [5.74, 6) is -0.524. The summed E-state index contributed by atoms with van der Waals surface area (Å²) >= 11 is 6.43. The van der Waals surface area contributed by atoms with Crippen LogP contribution in [0, 0.1) is 0 Å². The molecule has 0 aliphatic carbocycles. The number of aromatic amines is 1. The van der Waals surface area contributed by atoms with Crippen LogP contribution in [0.4, 0.5) is 5.69 Å². The molecule has 3 aromatic rings. The average Bonchev–Trinajstić information content (AvgIpc) is 3.03. The van der Waals surface area contributed by atoms with Gasteiger partial charge in [-0.05, 0) is 31.5 Å². The summed E-state index contributed by atoms with van der Waals surface area (Å²) < 4.78 is 0. The van der Waals surface area contributed by atoms with Gasteiger partial charge in [0.15, 0.2) is 0 Å². The van der Waals surface area contributed by atoms with Crippen molar-refractivity contribution >= 4 is 40.0 Å². The van der Waals surface area contributed by atoms with E-state index < -0.39 is 6.04 Å². The topological polar surface area (TPSA) is 65.2 Å². The number of anilines is 1. The van der Waals surface area contributed by atoms with Crippen molar-refractivity contribution in [3.05, 3.63) is 65.3 Å². The lowest BCUT2D eigenvalue weighted by Gasteiger charge is -2.28. The number of nitrogens with one attached hydrogen (secondary N) is 2. The molecule has 0 fully saturated rings. The maximum Gasteiger partial charge on any atom is 0.272 e. The van der Waals surface area contributed by atoms with Crippen LogP contribution in [0.15, 0.2) is 54.6 Å². The first-order valence-electron chi connectivity index (χ1n) is 8.96. The molecule has 6 heteroatoms. The van der Waals surface area contributed by atoms with Crippen molar-refractivity contribution in [1.29, 1.82) is 0 Å². The molecule has 1 aromatic heterocycles. The number of para-hydroxylation sites is 2. The molecule has 0 saturated heterocycles. The molecule has 0 spiro atoms. The molecule has 1 heterocycles. The summed E-state index contributed by atoms with van der Waals surface area (Å²) in [6.45, 7) is 4.14. The fraction of sp³-hybridized carbons (Fsp3) is 0.238. The van der Waals surface area contributed by atoms with Gasteiger partial charge in [0.05, 0.1) is 5.02 Å². The van der Waals surface area contributed by atoms with Crippen LogP contribution < -0.4 is 5.32 Å². The normalized spacial score (nSPS) is 12.0. The Hall–Kier alpha value is -2.79. The van der Waals surface area contributed by atoms with Crippen LogP contribution in [0.3, 0.4) is 0 Å². The Balaban J connectivity index is 1.85. The van der Waals surface area contributed by atoms with E-state index >= 15 is 0 Å². The van der Waals surface area contributed by atoms with Gasteiger partial charge in [-0.3, -0.25) is 9.59 Å². The number of halogens is 1. The van der Waals surface area contributed by atoms with Crippen molar-refractivity contribution in [3.63, 3.8) is 0 Å². The lowest BCUT2D eigenvalue weighted by molar-refractivity contribution is -0.120. The zero-order valence-electron chi connectivity index (χ0n) is 15.3. The number of aromatic nitrogens is 1. The number of fused-ring (bicyclic) bond motifs is 1. The highest BCUT2D eigenvalue weighted by Crippen LogP contribution is 2.28. The Morgan fingerprint density at radius 3 is 2.44 bits per heavy atom. The standard InChI is InChI=1S/C21H22ClN3O2/c1-3-13-25(14(2)20(26)23-15-9-5-4-6-10-15)21(27)19-18(22)16-11-7-8-12-17(16)24-19/h4-12,14,24H,3,13H2,1-2H3,(H,23,26). The molecule has 0 aliphatic rings. The smallest absolute Gasteiger partial charge is 0.272 e. The molecular formula is C21H22ClN3O2. The average molecular weight is 384 g/mol. The molecule has 1 unspecified atom stereocenters. The zero-order valence-corrected chi connectivity index (χ0v) is 16.1. The maximum atomic E-state index is 13.2. The second-order valence-corrected chi connectivity index (χ2v) is 6.77. The summed E-state index contributed by atoms with van der Waals surface area (Å²) in [6, 6.07) is 16.0. The summed E-state index contributed by atoms with van der Waals surface area (Å²) in [7, 11) is 0. The van der Waals surface area contributed by atoms with E-state index in [1.54, 1.807) is 11.8 Å². The van der Waals surface area contributed by atoms with E-state index in [0.29, 0.717) is 22.9 Å². The molecule has 1 atom stereocenters. The van der Waals surface area contributed by atoms with Crippen LogP contribution in [-0.4, -0.2) is 34.3 Å². The van der Waals surface area contributed by atoms with E-state index in [1.165, 1.54) is 0 Å². The Labute approximate surface area is 163 Å². The monoisotopic (exact) mass is 383 g/mol. The number of H-pyrrole nitrogens is 1. The molecule has 140 valence electrons. The van der Waals surface area contributed by atoms with E-state index in [9.17, 15) is 9.59 Å². The summed E-state index contributed by atoms with van der Waals surface area (Å²) in [5, 5.41) is 4.03. The molecular weight excluding hydrogens is 362 g/mol. The van der Waals surface area contributed by atoms with Crippen molar-refractivity contribution in [2.45, 2.75) is 26.3 Å². The number of carbonyl (C=O) groups is 2. The van der Waals surface area contributed by atoms with Crippen LogP contribution in [0.1, 0.15) is 30.8 Å². The minimum Gasteiger partial charge on any atom is -0.349 e. The fourth-order valence-corrected chi connectivity index (χ4v) is 3.31. The van der Waals surface area contributed by atoms with Crippen LogP contribution in [0.25, 0.3) is 10.9 Å². The van der Waals surface area contributed by atoms with Gasteiger partial charge in [-0.25, -0.2) is 0 Å². The highest BCUT2D eigenvalue weighted by Gasteiger charge is 2.29. The van der Waals surface area contributed by atoms with Gasteiger partial charge in [0.1, 0.15) is 11.7 Å². The first-order valence-corrected chi connectivity index (χ1v) is 9.33. The van der Waals surface area contributed by atoms with Gasteiger partial charge in [0, 0.05) is 23.1 Å². The second kappa shape index (κ2) is 8.27. The summed E-state index contributed by atoms with van der Waals surface area (Å²) in [6.07, 6.45) is 0.729. The number of rotatable bonds is 6. The molecule has 5 nitrogen and oxygen atoms in total. The number of hydrogen-bond donors (Lipinski definition) is 2. The molecule has 0 bridgehead atoms. The van der Waals surface area contributed by atoms with Crippen molar-refractivity contribution in [3.8, 4) is 0 Å². The van der Waals surface area contributed by atoms with Gasteiger partial charge in [-0.15, -0.1) is 0 Å². The van der Waals surface area contributed by atoms with E-state index in [2.05, 4.69) is 10.3 Å². The van der Waals surface area contributed by atoms with Crippen LogP contribution >= 0.6 is 11.6 Å². The first-order chi connectivity index (χ1) is 13.0. The SMILES string of the molecule is CCCN(C(=O)c1[nH]c2ccccc2c1Cl)C(C)C(=O)Nc1ccccc1. The predicted octanol–water partition coefficient (Wildman–Crippen LogP) is 4.70. The van der Waals surface area contributed by atoms with Crippen LogP contribution in [0.2, 0.25) is 5.02 Å². The summed E-state index contributed by atoms with van der Waals surface area (Å²) in [4.78, 5) is 30.5. The maximum absolute atomic E-state index is 13.2. The van der Waals surface area contributed by atoms with Crippen molar-refractivity contribution in [1.82, 2.24) is 9.88 Å². The highest BCUT2D eigenvalue weighted by molar-refractivity contribution is 6.38. The molecule has 3 rings (SSSR count). The lowest BCUT2D eigenvalue weighted by Crippen LogP contribution is -2.46. The molecule has 0 aliphatic heterocycles. The minimum atomic E-state index is -0.639. The Bertz CT molecular complexity index is 952. The van der Waals surface area contributed by atoms with Crippen molar-refractivity contribution < 1.29 is 9.59 Å². The van der Waals surface area contributed by atoms with Gasteiger partial charge in [-0.1, -0.05) is 54.9 Å². The zero-order chi connectivity index (χ0) is 19.4. The molecule has 0 saturated carbocycles. The number of amides is 2. The van der Waals surface area contributed by atoms with E-state index in [4.69, 9.17) is 11.6 Å². The Morgan fingerprint density at radius 1 is 1.11 bits per heavy atom. The molecule has 2 aromatic carbocycles. The number of carbonyl (C=O) groups excluding carboxylic acids is 2. The second-order valence-electron chi connectivity index (χ2n) is 6.39. The third kappa shape index (κ3) is 3.98. The first kappa shape index (κ1) is 19.0. The number of hydrogen-bond acceptors (Lipinski definition) is 2.